The van der Waals surface area contributed by atoms with Crippen LogP contribution in [0.2, 0.25) is 0 Å². The Kier molecular flexibility index (Phi) is 7.40. The molecule has 0 aliphatic carbocycles. The Morgan fingerprint density at radius 3 is 2.44 bits per heavy atom. The number of anilines is 2. The van der Waals surface area contributed by atoms with E-state index in [2.05, 4.69) is 15.2 Å². The van der Waals surface area contributed by atoms with Crippen LogP contribution in [0.3, 0.4) is 0 Å². The number of nitrogens with one attached hydrogen (secondary N) is 2. The Hall–Kier alpha value is -3.92. The number of benzene rings is 3. The summed E-state index contributed by atoms with van der Waals surface area (Å²) >= 11 is 0. The minimum Gasteiger partial charge on any atom is -0.497 e. The first-order chi connectivity index (χ1) is 15.4. The number of ether oxygens (including phenoxy) is 1. The number of hydrogen-bond donors (Lipinski definition) is 2. The van der Waals surface area contributed by atoms with Gasteiger partial charge in [0.2, 0.25) is 0 Å². The fourth-order valence-electron chi connectivity index (χ4n) is 2.85. The molecule has 9 nitrogen and oxygen atoms in total. The number of nitro benzene ring substituents is 1. The average Bonchev–Trinajstić information content (AvgIpc) is 2.79. The maximum atomic E-state index is 12.7. The maximum Gasteiger partial charge on any atom is 0.295 e. The summed E-state index contributed by atoms with van der Waals surface area (Å²) in [7, 11) is -2.53. The third-order valence-electron chi connectivity index (χ3n) is 4.50. The summed E-state index contributed by atoms with van der Waals surface area (Å²) in [6.07, 6.45) is 3.04. The van der Waals surface area contributed by atoms with Crippen molar-refractivity contribution in [3.8, 4) is 5.75 Å². The summed E-state index contributed by atoms with van der Waals surface area (Å²) in [5.41, 5.74) is 3.77. The molecule has 0 saturated carbocycles. The molecule has 0 heterocycles. The zero-order valence-corrected chi connectivity index (χ0v) is 18.1. The van der Waals surface area contributed by atoms with Gasteiger partial charge in [0.1, 0.15) is 11.4 Å². The average molecular weight is 455 g/mol. The molecule has 166 valence electrons. The minimum absolute atomic E-state index is 0.0920. The zero-order chi connectivity index (χ0) is 23.0. The molecule has 0 atom stereocenters. The van der Waals surface area contributed by atoms with Crippen molar-refractivity contribution in [2.45, 2.75) is 17.7 Å². The van der Waals surface area contributed by atoms with Crippen LogP contribution in [-0.4, -0.2) is 26.7 Å². The van der Waals surface area contributed by atoms with E-state index in [9.17, 15) is 18.5 Å². The summed E-state index contributed by atoms with van der Waals surface area (Å²) in [6.45, 7) is 0. The third-order valence-corrected chi connectivity index (χ3v) is 5.88. The molecule has 2 N–H and O–H groups in total. The number of sulfonamides is 1. The molecule has 32 heavy (non-hydrogen) atoms. The Balaban J connectivity index is 1.70. The molecule has 3 aromatic carbocycles. The van der Waals surface area contributed by atoms with Crippen molar-refractivity contribution in [1.29, 1.82) is 0 Å². The van der Waals surface area contributed by atoms with E-state index in [0.29, 0.717) is 17.9 Å². The summed E-state index contributed by atoms with van der Waals surface area (Å²) < 4.78 is 32.8. The Labute approximate surface area is 185 Å². The zero-order valence-electron chi connectivity index (χ0n) is 17.3. The molecule has 3 rings (SSSR count). The fourth-order valence-corrected chi connectivity index (χ4v) is 3.93. The van der Waals surface area contributed by atoms with Gasteiger partial charge in [-0.2, -0.15) is 5.10 Å². The van der Waals surface area contributed by atoms with Gasteiger partial charge in [0, 0.05) is 18.0 Å². The first-order valence-corrected chi connectivity index (χ1v) is 11.1. The molecular weight excluding hydrogens is 432 g/mol. The van der Waals surface area contributed by atoms with Crippen LogP contribution < -0.4 is 14.9 Å². The van der Waals surface area contributed by atoms with Gasteiger partial charge in [0.25, 0.3) is 15.7 Å². The molecule has 0 spiro atoms. The van der Waals surface area contributed by atoms with E-state index in [4.69, 9.17) is 4.74 Å². The standard InChI is InChI=1S/C22H22N4O5S/c1-31-19-11-9-18(10-12-19)25-32(29,30)20-13-14-21(22(16-20)26(27)28)24-23-15-5-8-17-6-3-2-4-7-17/h2-4,6-7,9-16,24-25H,5,8H2,1H3. The molecule has 0 bridgehead atoms. The van der Waals surface area contributed by atoms with Crippen LogP contribution in [0.5, 0.6) is 5.75 Å². The van der Waals surface area contributed by atoms with Gasteiger partial charge >= 0.3 is 0 Å². The molecule has 0 aliphatic heterocycles. The number of nitro groups is 1. The highest BCUT2D eigenvalue weighted by molar-refractivity contribution is 7.92. The quantitative estimate of drug-likeness (QED) is 0.265. The lowest BCUT2D eigenvalue weighted by molar-refractivity contribution is -0.384. The predicted molar refractivity (Wildman–Crippen MR) is 124 cm³/mol. The Morgan fingerprint density at radius 1 is 1.06 bits per heavy atom. The highest BCUT2D eigenvalue weighted by Gasteiger charge is 2.21. The van der Waals surface area contributed by atoms with Crippen molar-refractivity contribution in [2.75, 3.05) is 17.3 Å². The third kappa shape index (κ3) is 6.05. The van der Waals surface area contributed by atoms with E-state index in [1.165, 1.54) is 31.4 Å². The lowest BCUT2D eigenvalue weighted by atomic mass is 10.1. The second kappa shape index (κ2) is 10.4. The monoisotopic (exact) mass is 454 g/mol. The predicted octanol–water partition coefficient (Wildman–Crippen LogP) is 4.43. The Bertz CT molecular complexity index is 1200. The van der Waals surface area contributed by atoms with E-state index >= 15 is 0 Å². The topological polar surface area (TPSA) is 123 Å². The summed E-state index contributed by atoms with van der Waals surface area (Å²) in [6, 6.07) is 19.7. The van der Waals surface area contributed by atoms with Crippen molar-refractivity contribution < 1.29 is 18.1 Å². The molecule has 10 heteroatoms. The number of rotatable bonds is 10. The second-order valence-electron chi connectivity index (χ2n) is 6.72. The van der Waals surface area contributed by atoms with Gasteiger partial charge in [0.05, 0.1) is 16.9 Å². The van der Waals surface area contributed by atoms with Crippen LogP contribution >= 0.6 is 0 Å². The summed E-state index contributed by atoms with van der Waals surface area (Å²) in [5.74, 6) is 0.573. The van der Waals surface area contributed by atoms with Crippen LogP contribution in [0.4, 0.5) is 17.1 Å². The first kappa shape index (κ1) is 22.8. The van der Waals surface area contributed by atoms with Crippen molar-refractivity contribution in [3.05, 3.63) is 88.5 Å². The second-order valence-corrected chi connectivity index (χ2v) is 8.40. The minimum atomic E-state index is -4.03. The number of hydrogen-bond acceptors (Lipinski definition) is 7. The largest absolute Gasteiger partial charge is 0.497 e. The lowest BCUT2D eigenvalue weighted by Gasteiger charge is -2.10. The number of methoxy groups -OCH3 is 1. The Morgan fingerprint density at radius 2 is 1.78 bits per heavy atom. The van der Waals surface area contributed by atoms with E-state index in [0.717, 1.165) is 18.1 Å². The van der Waals surface area contributed by atoms with Crippen molar-refractivity contribution in [2.24, 2.45) is 5.10 Å². The van der Waals surface area contributed by atoms with Crippen LogP contribution in [0.25, 0.3) is 0 Å². The van der Waals surface area contributed by atoms with Crippen molar-refractivity contribution in [3.63, 3.8) is 0 Å². The van der Waals surface area contributed by atoms with Crippen molar-refractivity contribution >= 4 is 33.3 Å². The normalized spacial score (nSPS) is 11.3. The van der Waals surface area contributed by atoms with Crippen LogP contribution in [0.1, 0.15) is 12.0 Å². The van der Waals surface area contributed by atoms with E-state index < -0.39 is 20.6 Å². The number of hydrazone groups is 1. The molecule has 0 aliphatic rings. The fraction of sp³-hybridized carbons (Fsp3) is 0.136. The van der Waals surface area contributed by atoms with E-state index in [1.54, 1.807) is 18.3 Å². The highest BCUT2D eigenvalue weighted by atomic mass is 32.2. The van der Waals surface area contributed by atoms with Gasteiger partial charge in [-0.15, -0.1) is 0 Å². The molecule has 0 aromatic heterocycles. The van der Waals surface area contributed by atoms with E-state index in [1.807, 2.05) is 30.3 Å². The van der Waals surface area contributed by atoms with Gasteiger partial charge in [-0.3, -0.25) is 20.3 Å². The maximum absolute atomic E-state index is 12.7. The summed E-state index contributed by atoms with van der Waals surface area (Å²) in [4.78, 5) is 10.6. The summed E-state index contributed by atoms with van der Waals surface area (Å²) in [5, 5.41) is 15.5. The van der Waals surface area contributed by atoms with Gasteiger partial charge in [-0.05, 0) is 54.8 Å². The lowest BCUT2D eigenvalue weighted by Crippen LogP contribution is -2.13. The van der Waals surface area contributed by atoms with Gasteiger partial charge in [0.15, 0.2) is 0 Å². The van der Waals surface area contributed by atoms with Crippen LogP contribution in [0, 0.1) is 10.1 Å². The first-order valence-electron chi connectivity index (χ1n) is 9.66. The molecule has 0 unspecified atom stereocenters. The highest BCUT2D eigenvalue weighted by Crippen LogP contribution is 2.29. The van der Waals surface area contributed by atoms with Gasteiger partial charge < -0.3 is 4.74 Å². The molecule has 0 saturated heterocycles. The molecular formula is C22H22N4O5S. The SMILES string of the molecule is COc1ccc(NS(=O)(=O)c2ccc(NN=CCCc3ccccc3)c([N+](=O)[O-])c2)cc1. The molecule has 0 radical (unpaired) electrons. The van der Waals surface area contributed by atoms with Crippen LogP contribution in [-0.2, 0) is 16.4 Å². The molecule has 0 fully saturated rings. The van der Waals surface area contributed by atoms with Crippen LogP contribution in [0.15, 0.2) is 82.8 Å². The van der Waals surface area contributed by atoms with Gasteiger partial charge in [-0.25, -0.2) is 8.42 Å². The number of nitrogens with zero attached hydrogens (tertiary/aromatic N) is 2. The smallest absolute Gasteiger partial charge is 0.295 e. The number of aryl methyl sites for hydroxylation is 1. The molecule has 3 aromatic rings. The van der Waals surface area contributed by atoms with Crippen molar-refractivity contribution in [1.82, 2.24) is 0 Å². The van der Waals surface area contributed by atoms with Gasteiger partial charge in [-0.1, -0.05) is 30.3 Å². The molecule has 0 amide bonds. The van der Waals surface area contributed by atoms with E-state index in [-0.39, 0.29) is 10.6 Å².